The second kappa shape index (κ2) is 3.78. The summed E-state index contributed by atoms with van der Waals surface area (Å²) in [5.74, 6) is 0.685. The van der Waals surface area contributed by atoms with Gasteiger partial charge in [0.2, 0.25) is 0 Å². The normalized spacial score (nSPS) is 10.0. The van der Waals surface area contributed by atoms with Crippen molar-refractivity contribution in [2.75, 3.05) is 7.11 Å². The number of aryl methyl sites for hydroxylation is 1. The van der Waals surface area contributed by atoms with Gasteiger partial charge < -0.3 is 10.5 Å². The summed E-state index contributed by atoms with van der Waals surface area (Å²) in [4.78, 5) is 0. The summed E-state index contributed by atoms with van der Waals surface area (Å²) in [6.45, 7) is 2.43. The maximum atomic E-state index is 5.93. The van der Waals surface area contributed by atoms with Crippen LogP contribution in [0, 0.1) is 6.92 Å². The van der Waals surface area contributed by atoms with E-state index in [0.29, 0.717) is 17.3 Å². The van der Waals surface area contributed by atoms with E-state index in [2.05, 4.69) is 0 Å². The Morgan fingerprint density at radius 3 is 2.67 bits per heavy atom. The summed E-state index contributed by atoms with van der Waals surface area (Å²) >= 11 is 5.93. The quantitative estimate of drug-likeness (QED) is 0.766. The second-order valence-corrected chi connectivity index (χ2v) is 3.05. The fraction of sp³-hybridized carbons (Fsp3) is 0.333. The molecule has 0 bridgehead atoms. The van der Waals surface area contributed by atoms with Gasteiger partial charge in [-0.2, -0.15) is 0 Å². The van der Waals surface area contributed by atoms with Crippen LogP contribution in [0.15, 0.2) is 12.1 Å². The van der Waals surface area contributed by atoms with Crippen LogP contribution in [0.1, 0.15) is 11.1 Å². The third kappa shape index (κ3) is 1.71. The van der Waals surface area contributed by atoms with Gasteiger partial charge >= 0.3 is 0 Å². The number of halogens is 1. The highest BCUT2D eigenvalue weighted by Crippen LogP contribution is 2.29. The van der Waals surface area contributed by atoms with E-state index in [1.54, 1.807) is 7.11 Å². The predicted octanol–water partition coefficient (Wildman–Crippen LogP) is 2.12. The van der Waals surface area contributed by atoms with Crippen molar-refractivity contribution in [2.45, 2.75) is 13.5 Å². The Labute approximate surface area is 77.3 Å². The van der Waals surface area contributed by atoms with Crippen molar-refractivity contribution in [1.29, 1.82) is 0 Å². The number of nitrogens with two attached hydrogens (primary N) is 1. The second-order valence-electron chi connectivity index (χ2n) is 2.64. The van der Waals surface area contributed by atoms with Crippen LogP contribution in [0.25, 0.3) is 0 Å². The van der Waals surface area contributed by atoms with E-state index in [-0.39, 0.29) is 0 Å². The van der Waals surface area contributed by atoms with Gasteiger partial charge in [-0.3, -0.25) is 0 Å². The van der Waals surface area contributed by atoms with E-state index in [4.69, 9.17) is 22.1 Å². The Hall–Kier alpha value is -0.730. The highest BCUT2D eigenvalue weighted by molar-refractivity contribution is 6.32. The summed E-state index contributed by atoms with van der Waals surface area (Å²) < 4.78 is 5.11. The summed E-state index contributed by atoms with van der Waals surface area (Å²) in [5, 5.41) is 0.623. The molecule has 0 heterocycles. The molecule has 0 radical (unpaired) electrons. The van der Waals surface area contributed by atoms with Crippen LogP contribution in [-0.4, -0.2) is 7.11 Å². The monoisotopic (exact) mass is 185 g/mol. The lowest BCUT2D eigenvalue weighted by molar-refractivity contribution is 0.410. The van der Waals surface area contributed by atoms with Crippen LogP contribution in [0.5, 0.6) is 5.75 Å². The van der Waals surface area contributed by atoms with Gasteiger partial charge in [0.25, 0.3) is 0 Å². The van der Waals surface area contributed by atoms with Gasteiger partial charge in [0.15, 0.2) is 0 Å². The maximum Gasteiger partial charge on any atom is 0.141 e. The Bertz CT molecular complexity index is 286. The molecule has 0 saturated carbocycles. The molecule has 1 rings (SSSR count). The topological polar surface area (TPSA) is 35.2 Å². The first kappa shape index (κ1) is 9.36. The molecule has 0 spiro atoms. The van der Waals surface area contributed by atoms with Crippen molar-refractivity contribution in [3.63, 3.8) is 0 Å². The molecule has 2 N–H and O–H groups in total. The largest absolute Gasteiger partial charge is 0.495 e. The fourth-order valence-corrected chi connectivity index (χ4v) is 1.55. The Balaban J connectivity index is 3.24. The zero-order valence-corrected chi connectivity index (χ0v) is 7.98. The smallest absolute Gasteiger partial charge is 0.141 e. The van der Waals surface area contributed by atoms with Gasteiger partial charge in [0.05, 0.1) is 12.1 Å². The number of methoxy groups -OCH3 is 1. The van der Waals surface area contributed by atoms with E-state index in [9.17, 15) is 0 Å². The van der Waals surface area contributed by atoms with E-state index in [1.807, 2.05) is 19.1 Å². The van der Waals surface area contributed by atoms with Gasteiger partial charge in [-0.15, -0.1) is 0 Å². The molecule has 66 valence electrons. The Morgan fingerprint density at radius 2 is 2.17 bits per heavy atom. The van der Waals surface area contributed by atoms with Gasteiger partial charge in [0, 0.05) is 12.1 Å². The van der Waals surface area contributed by atoms with Gasteiger partial charge in [-0.1, -0.05) is 17.7 Å². The molecule has 0 unspecified atom stereocenters. The molecule has 0 atom stereocenters. The number of benzene rings is 1. The van der Waals surface area contributed by atoms with E-state index < -0.39 is 0 Å². The van der Waals surface area contributed by atoms with Crippen LogP contribution in [0.4, 0.5) is 0 Å². The van der Waals surface area contributed by atoms with Crippen LogP contribution in [0.3, 0.4) is 0 Å². The van der Waals surface area contributed by atoms with E-state index >= 15 is 0 Å². The zero-order valence-electron chi connectivity index (χ0n) is 7.23. The minimum Gasteiger partial charge on any atom is -0.495 e. The lowest BCUT2D eigenvalue weighted by atomic mass is 10.1. The van der Waals surface area contributed by atoms with Crippen molar-refractivity contribution >= 4 is 11.6 Å². The number of hydrogen-bond donors (Lipinski definition) is 1. The van der Waals surface area contributed by atoms with Crippen molar-refractivity contribution in [3.8, 4) is 5.75 Å². The first-order chi connectivity index (χ1) is 5.69. The SMILES string of the molecule is COc1c(Cl)cc(C)cc1CN. The molecule has 12 heavy (non-hydrogen) atoms. The average molecular weight is 186 g/mol. The molecule has 0 aliphatic carbocycles. The Kier molecular flexibility index (Phi) is 2.95. The lowest BCUT2D eigenvalue weighted by Gasteiger charge is -2.09. The van der Waals surface area contributed by atoms with Crippen molar-refractivity contribution in [3.05, 3.63) is 28.3 Å². The standard InChI is InChI=1S/C9H12ClNO/c1-6-3-7(5-11)9(12-2)8(10)4-6/h3-4H,5,11H2,1-2H3. The third-order valence-electron chi connectivity index (χ3n) is 1.69. The highest BCUT2D eigenvalue weighted by atomic mass is 35.5. The van der Waals surface area contributed by atoms with Crippen molar-refractivity contribution in [1.82, 2.24) is 0 Å². The molecule has 1 aromatic carbocycles. The molecule has 2 nitrogen and oxygen atoms in total. The molecular formula is C9H12ClNO. The minimum atomic E-state index is 0.449. The fourth-order valence-electron chi connectivity index (χ4n) is 1.18. The molecule has 0 aliphatic heterocycles. The number of rotatable bonds is 2. The van der Waals surface area contributed by atoms with E-state index in [1.165, 1.54) is 0 Å². The highest BCUT2D eigenvalue weighted by Gasteiger charge is 2.06. The van der Waals surface area contributed by atoms with Gasteiger partial charge in [-0.05, 0) is 18.6 Å². The predicted molar refractivity (Wildman–Crippen MR) is 50.6 cm³/mol. The summed E-state index contributed by atoms with van der Waals surface area (Å²) in [7, 11) is 1.59. The molecule has 0 fully saturated rings. The summed E-state index contributed by atoms with van der Waals surface area (Å²) in [6, 6.07) is 3.84. The van der Waals surface area contributed by atoms with Crippen molar-refractivity contribution < 1.29 is 4.74 Å². The first-order valence-corrected chi connectivity index (χ1v) is 4.10. The summed E-state index contributed by atoms with van der Waals surface area (Å²) in [5.41, 5.74) is 7.57. The minimum absolute atomic E-state index is 0.449. The third-order valence-corrected chi connectivity index (χ3v) is 1.97. The first-order valence-electron chi connectivity index (χ1n) is 3.72. The number of hydrogen-bond acceptors (Lipinski definition) is 2. The van der Waals surface area contributed by atoms with E-state index in [0.717, 1.165) is 11.1 Å². The van der Waals surface area contributed by atoms with Gasteiger partial charge in [0.1, 0.15) is 5.75 Å². The maximum absolute atomic E-state index is 5.93. The Morgan fingerprint density at radius 1 is 1.50 bits per heavy atom. The average Bonchev–Trinajstić information content (AvgIpc) is 2.03. The van der Waals surface area contributed by atoms with Crippen molar-refractivity contribution in [2.24, 2.45) is 5.73 Å². The molecule has 0 aliphatic rings. The van der Waals surface area contributed by atoms with Gasteiger partial charge in [-0.25, -0.2) is 0 Å². The molecule has 3 heteroatoms. The lowest BCUT2D eigenvalue weighted by Crippen LogP contribution is -2.00. The molecule has 0 amide bonds. The van der Waals surface area contributed by atoms with Crippen LogP contribution in [-0.2, 0) is 6.54 Å². The van der Waals surface area contributed by atoms with Crippen LogP contribution >= 0.6 is 11.6 Å². The zero-order chi connectivity index (χ0) is 9.14. The van der Waals surface area contributed by atoms with Crippen LogP contribution < -0.4 is 10.5 Å². The molecule has 0 aromatic heterocycles. The molecule has 0 saturated heterocycles. The molecular weight excluding hydrogens is 174 g/mol. The summed E-state index contributed by atoms with van der Waals surface area (Å²) in [6.07, 6.45) is 0. The number of ether oxygens (including phenoxy) is 1. The molecule has 1 aromatic rings. The van der Waals surface area contributed by atoms with Crippen LogP contribution in [0.2, 0.25) is 5.02 Å².